The lowest BCUT2D eigenvalue weighted by Gasteiger charge is -1.97. The normalized spacial score (nSPS) is 13.5. The van der Waals surface area contributed by atoms with Crippen molar-refractivity contribution in [1.29, 1.82) is 0 Å². The van der Waals surface area contributed by atoms with Gasteiger partial charge in [0, 0.05) is 15.8 Å². The highest BCUT2D eigenvalue weighted by atomic mass is 32.1. The van der Waals surface area contributed by atoms with Gasteiger partial charge in [0.2, 0.25) is 0 Å². The molecule has 0 spiro atoms. The van der Waals surface area contributed by atoms with E-state index in [4.69, 9.17) is 5.73 Å². The Morgan fingerprint density at radius 1 is 1.64 bits per heavy atom. The minimum Gasteiger partial charge on any atom is -0.324 e. The summed E-state index contributed by atoms with van der Waals surface area (Å²) in [5, 5.41) is 0. The Bertz CT molecular complexity index is 238. The van der Waals surface area contributed by atoms with Gasteiger partial charge in [-0.1, -0.05) is 6.92 Å². The molecule has 1 aromatic heterocycles. The third-order valence-corrected chi connectivity index (χ3v) is 3.39. The summed E-state index contributed by atoms with van der Waals surface area (Å²) in [6, 6.07) is 2.40. The third kappa shape index (κ3) is 1.82. The van der Waals surface area contributed by atoms with Crippen molar-refractivity contribution in [3.05, 3.63) is 21.4 Å². The number of hydrogen-bond acceptors (Lipinski definition) is 2. The number of thiophene rings is 1. The molecule has 1 rings (SSSR count). The predicted molar refractivity (Wildman–Crippen MR) is 51.0 cm³/mol. The zero-order valence-corrected chi connectivity index (χ0v) is 8.16. The molecule has 1 aromatic rings. The van der Waals surface area contributed by atoms with Gasteiger partial charge in [0.15, 0.2) is 0 Å². The Hall–Kier alpha value is -0.340. The van der Waals surface area contributed by atoms with Crippen LogP contribution in [-0.4, -0.2) is 0 Å². The van der Waals surface area contributed by atoms with Gasteiger partial charge in [-0.3, -0.25) is 0 Å². The number of aryl methyl sites for hydroxylation is 2. The summed E-state index contributed by atoms with van der Waals surface area (Å²) >= 11 is 1.84. The molecule has 0 aromatic carbocycles. The van der Waals surface area contributed by atoms with Crippen LogP contribution in [0, 0.1) is 6.92 Å². The summed E-state index contributed by atoms with van der Waals surface area (Å²) in [4.78, 5) is 2.77. The van der Waals surface area contributed by atoms with Gasteiger partial charge in [-0.25, -0.2) is 0 Å². The van der Waals surface area contributed by atoms with Crippen molar-refractivity contribution in [3.63, 3.8) is 0 Å². The SMILES string of the molecule is CCc1sc([C@@H](C)N)cc1C. The Kier molecular flexibility index (Phi) is 2.68. The molecule has 11 heavy (non-hydrogen) atoms. The first kappa shape index (κ1) is 8.75. The average Bonchev–Trinajstić information content (AvgIpc) is 2.31. The van der Waals surface area contributed by atoms with E-state index in [1.807, 2.05) is 18.3 Å². The van der Waals surface area contributed by atoms with Crippen LogP contribution in [-0.2, 0) is 6.42 Å². The molecule has 0 saturated heterocycles. The van der Waals surface area contributed by atoms with Gasteiger partial charge < -0.3 is 5.73 Å². The number of nitrogens with two attached hydrogens (primary N) is 1. The molecule has 1 nitrogen and oxygen atoms in total. The molecule has 0 bridgehead atoms. The predicted octanol–water partition coefficient (Wildman–Crippen LogP) is 2.64. The first-order chi connectivity index (χ1) is 5.15. The summed E-state index contributed by atoms with van der Waals surface area (Å²) in [6.07, 6.45) is 1.13. The molecule has 0 fully saturated rings. The molecule has 0 radical (unpaired) electrons. The first-order valence-corrected chi connectivity index (χ1v) is 4.81. The van der Waals surface area contributed by atoms with Crippen LogP contribution in [0.3, 0.4) is 0 Å². The Labute approximate surface area is 72.2 Å². The lowest BCUT2D eigenvalue weighted by Crippen LogP contribution is -2.01. The van der Waals surface area contributed by atoms with Gasteiger partial charge in [0.1, 0.15) is 0 Å². The van der Waals surface area contributed by atoms with Gasteiger partial charge in [-0.05, 0) is 31.9 Å². The number of rotatable bonds is 2. The van der Waals surface area contributed by atoms with Gasteiger partial charge in [-0.2, -0.15) is 0 Å². The summed E-state index contributed by atoms with van der Waals surface area (Å²) < 4.78 is 0. The molecule has 0 saturated carbocycles. The van der Waals surface area contributed by atoms with Crippen molar-refractivity contribution < 1.29 is 0 Å². The second kappa shape index (κ2) is 3.37. The molecule has 0 amide bonds. The van der Waals surface area contributed by atoms with Crippen LogP contribution in [0.4, 0.5) is 0 Å². The molecule has 0 aliphatic carbocycles. The summed E-state index contributed by atoms with van der Waals surface area (Å²) in [5.41, 5.74) is 7.15. The van der Waals surface area contributed by atoms with E-state index in [-0.39, 0.29) is 6.04 Å². The maximum atomic E-state index is 5.76. The monoisotopic (exact) mass is 169 g/mol. The smallest absolute Gasteiger partial charge is 0.0361 e. The van der Waals surface area contributed by atoms with Gasteiger partial charge >= 0.3 is 0 Å². The molecule has 0 aliphatic heterocycles. The van der Waals surface area contributed by atoms with Crippen LogP contribution in [0.5, 0.6) is 0 Å². The Balaban J connectivity index is 2.95. The van der Waals surface area contributed by atoms with E-state index in [0.29, 0.717) is 0 Å². The Morgan fingerprint density at radius 3 is 2.55 bits per heavy atom. The van der Waals surface area contributed by atoms with Crippen LogP contribution in [0.15, 0.2) is 6.07 Å². The fraction of sp³-hybridized carbons (Fsp3) is 0.556. The van der Waals surface area contributed by atoms with Crippen LogP contribution < -0.4 is 5.73 Å². The highest BCUT2D eigenvalue weighted by Gasteiger charge is 2.06. The van der Waals surface area contributed by atoms with Crippen molar-refractivity contribution in [3.8, 4) is 0 Å². The van der Waals surface area contributed by atoms with E-state index < -0.39 is 0 Å². The van der Waals surface area contributed by atoms with Crippen LogP contribution >= 0.6 is 11.3 Å². The second-order valence-electron chi connectivity index (χ2n) is 2.90. The minimum absolute atomic E-state index is 0.194. The molecule has 1 atom stereocenters. The Morgan fingerprint density at radius 2 is 2.27 bits per heavy atom. The van der Waals surface area contributed by atoms with Crippen LogP contribution in [0.1, 0.15) is 35.2 Å². The van der Waals surface area contributed by atoms with Gasteiger partial charge in [0.25, 0.3) is 0 Å². The molecule has 0 aliphatic rings. The maximum Gasteiger partial charge on any atom is 0.0361 e. The average molecular weight is 169 g/mol. The molecular formula is C9H15NS. The fourth-order valence-corrected chi connectivity index (χ4v) is 2.19. The molecule has 62 valence electrons. The van der Waals surface area contributed by atoms with E-state index in [2.05, 4.69) is 19.9 Å². The van der Waals surface area contributed by atoms with E-state index in [9.17, 15) is 0 Å². The van der Waals surface area contributed by atoms with Crippen molar-refractivity contribution in [2.75, 3.05) is 0 Å². The van der Waals surface area contributed by atoms with Gasteiger partial charge in [-0.15, -0.1) is 11.3 Å². The van der Waals surface area contributed by atoms with Crippen LogP contribution in [0.25, 0.3) is 0 Å². The summed E-state index contributed by atoms with van der Waals surface area (Å²) in [7, 11) is 0. The van der Waals surface area contributed by atoms with Gasteiger partial charge in [0.05, 0.1) is 0 Å². The molecule has 2 heteroatoms. The van der Waals surface area contributed by atoms with Crippen molar-refractivity contribution in [2.45, 2.75) is 33.2 Å². The zero-order valence-electron chi connectivity index (χ0n) is 7.35. The molecule has 2 N–H and O–H groups in total. The minimum atomic E-state index is 0.194. The third-order valence-electron chi connectivity index (χ3n) is 1.81. The summed E-state index contributed by atoms with van der Waals surface area (Å²) in [5.74, 6) is 0. The number of hydrogen-bond donors (Lipinski definition) is 1. The van der Waals surface area contributed by atoms with E-state index in [1.165, 1.54) is 15.3 Å². The van der Waals surface area contributed by atoms with Crippen LogP contribution in [0.2, 0.25) is 0 Å². The zero-order chi connectivity index (χ0) is 8.43. The highest BCUT2D eigenvalue weighted by molar-refractivity contribution is 7.12. The van der Waals surface area contributed by atoms with E-state index in [1.54, 1.807) is 0 Å². The first-order valence-electron chi connectivity index (χ1n) is 4.00. The summed E-state index contributed by atoms with van der Waals surface area (Å²) in [6.45, 7) is 6.37. The molecule has 1 heterocycles. The maximum absolute atomic E-state index is 5.76. The lowest BCUT2D eigenvalue weighted by atomic mass is 10.2. The van der Waals surface area contributed by atoms with E-state index >= 15 is 0 Å². The van der Waals surface area contributed by atoms with E-state index in [0.717, 1.165) is 6.42 Å². The molecule has 0 unspecified atom stereocenters. The highest BCUT2D eigenvalue weighted by Crippen LogP contribution is 2.25. The largest absolute Gasteiger partial charge is 0.324 e. The van der Waals surface area contributed by atoms with Crippen molar-refractivity contribution in [1.82, 2.24) is 0 Å². The lowest BCUT2D eigenvalue weighted by molar-refractivity contribution is 0.838. The fourth-order valence-electron chi connectivity index (χ4n) is 1.12. The molecular weight excluding hydrogens is 154 g/mol. The second-order valence-corrected chi connectivity index (χ2v) is 4.07. The van der Waals surface area contributed by atoms with Crippen molar-refractivity contribution in [2.24, 2.45) is 5.73 Å². The van der Waals surface area contributed by atoms with Crippen molar-refractivity contribution >= 4 is 11.3 Å². The topological polar surface area (TPSA) is 26.0 Å². The standard InChI is InChI=1S/C9H15NS/c1-4-8-6(2)5-9(11-8)7(3)10/h5,7H,4,10H2,1-3H3/t7-/m1/s1. The quantitative estimate of drug-likeness (QED) is 0.723.